The van der Waals surface area contributed by atoms with Crippen molar-refractivity contribution in [2.75, 3.05) is 26.3 Å². The number of aliphatic hydroxyl groups excluding tert-OH is 2. The second-order valence-corrected chi connectivity index (χ2v) is 3.72. The average Bonchev–Trinajstić information content (AvgIpc) is 2.73. The summed E-state index contributed by atoms with van der Waals surface area (Å²) in [6.45, 7) is 5.45. The molecule has 0 aliphatic carbocycles. The largest absolute Gasteiger partial charge is 0.396 e. The Hall–Kier alpha value is -0.910. The lowest BCUT2D eigenvalue weighted by Crippen LogP contribution is -2.29. The molecule has 0 saturated heterocycles. The summed E-state index contributed by atoms with van der Waals surface area (Å²) < 4.78 is 1.95. The summed E-state index contributed by atoms with van der Waals surface area (Å²) in [6.07, 6.45) is 2.53. The number of aromatic nitrogens is 2. The lowest BCUT2D eigenvalue weighted by atomic mass is 10.3. The molecule has 0 fully saturated rings. The van der Waals surface area contributed by atoms with Crippen LogP contribution in [-0.4, -0.2) is 51.2 Å². The quantitative estimate of drug-likeness (QED) is 0.660. The first-order valence-corrected chi connectivity index (χ1v) is 5.76. The summed E-state index contributed by atoms with van der Waals surface area (Å²) >= 11 is 0. The maximum Gasteiger partial charge on any atom is 0.0558 e. The number of hydrogen-bond acceptors (Lipinski definition) is 4. The molecule has 0 aliphatic heterocycles. The van der Waals surface area contributed by atoms with E-state index in [1.165, 1.54) is 0 Å². The Balaban J connectivity index is 2.52. The zero-order valence-electron chi connectivity index (χ0n) is 9.84. The van der Waals surface area contributed by atoms with E-state index in [2.05, 4.69) is 16.9 Å². The maximum atomic E-state index is 8.96. The van der Waals surface area contributed by atoms with Crippen LogP contribution in [0.3, 0.4) is 0 Å². The second kappa shape index (κ2) is 7.38. The number of hydrogen-bond donors (Lipinski definition) is 2. The third-order valence-corrected chi connectivity index (χ3v) is 2.54. The van der Waals surface area contributed by atoms with Gasteiger partial charge >= 0.3 is 0 Å². The fraction of sp³-hybridized carbons (Fsp3) is 0.727. The Morgan fingerprint density at radius 3 is 2.75 bits per heavy atom. The third kappa shape index (κ3) is 3.92. The van der Waals surface area contributed by atoms with Crippen molar-refractivity contribution in [3.8, 4) is 0 Å². The SMILES string of the molecule is CCn1nccc1CN(CCO)CCCO. The van der Waals surface area contributed by atoms with E-state index in [-0.39, 0.29) is 13.2 Å². The molecule has 0 atom stereocenters. The van der Waals surface area contributed by atoms with E-state index < -0.39 is 0 Å². The van der Waals surface area contributed by atoms with Crippen LogP contribution in [0.1, 0.15) is 19.0 Å². The molecule has 1 rings (SSSR count). The first-order valence-electron chi connectivity index (χ1n) is 5.76. The average molecular weight is 227 g/mol. The molecule has 92 valence electrons. The van der Waals surface area contributed by atoms with E-state index in [1.54, 1.807) is 6.20 Å². The van der Waals surface area contributed by atoms with Crippen molar-refractivity contribution in [1.82, 2.24) is 14.7 Å². The van der Waals surface area contributed by atoms with Crippen molar-refractivity contribution in [3.05, 3.63) is 18.0 Å². The van der Waals surface area contributed by atoms with Gasteiger partial charge in [0.15, 0.2) is 0 Å². The molecule has 1 aromatic heterocycles. The van der Waals surface area contributed by atoms with Crippen LogP contribution in [0.5, 0.6) is 0 Å². The lowest BCUT2D eigenvalue weighted by Gasteiger charge is -2.21. The lowest BCUT2D eigenvalue weighted by molar-refractivity contribution is 0.171. The van der Waals surface area contributed by atoms with Crippen LogP contribution >= 0.6 is 0 Å². The minimum absolute atomic E-state index is 0.145. The number of aryl methyl sites for hydroxylation is 1. The third-order valence-electron chi connectivity index (χ3n) is 2.54. The number of rotatable bonds is 8. The standard InChI is InChI=1S/C11H21N3O2/c1-2-14-11(4-5-12-14)10-13(7-9-16)6-3-8-15/h4-5,15-16H,2-3,6-10H2,1H3. The highest BCUT2D eigenvalue weighted by Crippen LogP contribution is 2.04. The molecule has 0 amide bonds. The Labute approximate surface area is 96.3 Å². The van der Waals surface area contributed by atoms with Crippen molar-refractivity contribution in [2.45, 2.75) is 26.4 Å². The highest BCUT2D eigenvalue weighted by molar-refractivity contribution is 5.00. The first-order chi connectivity index (χ1) is 7.81. The molecule has 0 aromatic carbocycles. The fourth-order valence-electron chi connectivity index (χ4n) is 1.71. The van der Waals surface area contributed by atoms with Crippen LogP contribution in [0.25, 0.3) is 0 Å². The van der Waals surface area contributed by atoms with Crippen molar-refractivity contribution >= 4 is 0 Å². The molecule has 0 unspecified atom stereocenters. The van der Waals surface area contributed by atoms with E-state index in [1.807, 2.05) is 10.7 Å². The first kappa shape index (κ1) is 13.2. The number of aliphatic hydroxyl groups is 2. The molecule has 0 radical (unpaired) electrons. The van der Waals surface area contributed by atoms with Crippen molar-refractivity contribution in [1.29, 1.82) is 0 Å². The van der Waals surface area contributed by atoms with Gasteiger partial charge < -0.3 is 10.2 Å². The van der Waals surface area contributed by atoms with Gasteiger partial charge in [0.1, 0.15) is 0 Å². The molecule has 1 aromatic rings. The smallest absolute Gasteiger partial charge is 0.0558 e. The van der Waals surface area contributed by atoms with Gasteiger partial charge in [0.25, 0.3) is 0 Å². The highest BCUT2D eigenvalue weighted by Gasteiger charge is 2.08. The molecule has 0 bridgehead atoms. The van der Waals surface area contributed by atoms with Gasteiger partial charge in [-0.25, -0.2) is 0 Å². The van der Waals surface area contributed by atoms with Gasteiger partial charge in [-0.15, -0.1) is 0 Å². The summed E-state index contributed by atoms with van der Waals surface area (Å²) in [5.74, 6) is 0. The van der Waals surface area contributed by atoms with Crippen LogP contribution < -0.4 is 0 Å². The summed E-state index contributed by atoms with van der Waals surface area (Å²) in [5, 5.41) is 22.0. The summed E-state index contributed by atoms with van der Waals surface area (Å²) in [5.41, 5.74) is 1.15. The minimum atomic E-state index is 0.145. The molecular formula is C11H21N3O2. The van der Waals surface area contributed by atoms with E-state index in [4.69, 9.17) is 10.2 Å². The topological polar surface area (TPSA) is 61.5 Å². The van der Waals surface area contributed by atoms with Crippen LogP contribution in [0, 0.1) is 0 Å². The van der Waals surface area contributed by atoms with E-state index >= 15 is 0 Å². The Bertz CT molecular complexity index is 289. The molecule has 0 aliphatic rings. The zero-order chi connectivity index (χ0) is 11.8. The monoisotopic (exact) mass is 227 g/mol. The normalized spacial score (nSPS) is 11.2. The van der Waals surface area contributed by atoms with E-state index in [0.717, 1.165) is 31.7 Å². The minimum Gasteiger partial charge on any atom is -0.396 e. The molecule has 16 heavy (non-hydrogen) atoms. The molecular weight excluding hydrogens is 206 g/mol. The van der Waals surface area contributed by atoms with Gasteiger partial charge in [0.2, 0.25) is 0 Å². The van der Waals surface area contributed by atoms with Gasteiger partial charge in [-0.1, -0.05) is 0 Å². The molecule has 0 saturated carbocycles. The molecule has 0 spiro atoms. The van der Waals surface area contributed by atoms with Gasteiger partial charge in [-0.05, 0) is 19.4 Å². The van der Waals surface area contributed by atoms with Gasteiger partial charge in [-0.3, -0.25) is 9.58 Å². The zero-order valence-corrected chi connectivity index (χ0v) is 9.84. The van der Waals surface area contributed by atoms with Crippen molar-refractivity contribution in [3.63, 3.8) is 0 Å². The summed E-state index contributed by atoms with van der Waals surface area (Å²) in [6, 6.07) is 1.99. The van der Waals surface area contributed by atoms with Crippen molar-refractivity contribution < 1.29 is 10.2 Å². The predicted octanol–water partition coefficient (Wildman–Crippen LogP) is 0.0797. The molecule has 2 N–H and O–H groups in total. The predicted molar refractivity (Wildman–Crippen MR) is 62.0 cm³/mol. The van der Waals surface area contributed by atoms with Crippen LogP contribution in [0.15, 0.2) is 12.3 Å². The van der Waals surface area contributed by atoms with Crippen LogP contribution in [0.2, 0.25) is 0 Å². The highest BCUT2D eigenvalue weighted by atomic mass is 16.3. The Morgan fingerprint density at radius 2 is 2.12 bits per heavy atom. The Morgan fingerprint density at radius 1 is 1.31 bits per heavy atom. The van der Waals surface area contributed by atoms with E-state index in [9.17, 15) is 0 Å². The van der Waals surface area contributed by atoms with Crippen molar-refractivity contribution in [2.24, 2.45) is 0 Å². The molecule has 5 heteroatoms. The number of nitrogens with zero attached hydrogens (tertiary/aromatic N) is 3. The second-order valence-electron chi connectivity index (χ2n) is 3.72. The van der Waals surface area contributed by atoms with Gasteiger partial charge in [0.05, 0.1) is 12.3 Å². The summed E-state index contributed by atoms with van der Waals surface area (Å²) in [4.78, 5) is 2.12. The maximum absolute atomic E-state index is 8.96. The fourth-order valence-corrected chi connectivity index (χ4v) is 1.71. The van der Waals surface area contributed by atoms with Gasteiger partial charge in [0, 0.05) is 39.0 Å². The molecule has 1 heterocycles. The van der Waals surface area contributed by atoms with Crippen LogP contribution in [0.4, 0.5) is 0 Å². The molecule has 5 nitrogen and oxygen atoms in total. The van der Waals surface area contributed by atoms with E-state index in [0.29, 0.717) is 6.54 Å². The Kier molecular flexibility index (Phi) is 6.07. The van der Waals surface area contributed by atoms with Gasteiger partial charge in [-0.2, -0.15) is 5.10 Å². The van der Waals surface area contributed by atoms with Crippen LogP contribution in [-0.2, 0) is 13.1 Å². The summed E-state index contributed by atoms with van der Waals surface area (Å²) in [7, 11) is 0.